The molecule has 2 aromatic carbocycles. The van der Waals surface area contributed by atoms with E-state index in [0.717, 1.165) is 24.1 Å². The molecule has 0 bridgehead atoms. The SMILES string of the molecule is C#CCN(Cc1ccc2nc(C)[nH]c(=O)c2c1)c1ccc(C(=O)N[C@H](CCC(=O)NCCCC)C(=O)O)cc1. The number of nitrogens with one attached hydrogen (secondary N) is 3. The first-order valence-corrected chi connectivity index (χ1v) is 12.8. The standard InChI is InChI=1S/C29H33N5O5/c1-4-6-15-30-26(35)14-13-25(29(38)39)33-27(36)21-8-10-22(11-9-21)34(16-5-2)18-20-7-12-24-23(17-20)28(37)32-19(3)31-24/h2,7-12,17,25H,4,6,13-16,18H2,1,3H3,(H,30,35)(H,33,36)(H,38,39)(H,31,32,37)/t25-/m1/s1. The van der Waals surface area contributed by atoms with Crippen LogP contribution >= 0.6 is 0 Å². The summed E-state index contributed by atoms with van der Waals surface area (Å²) < 4.78 is 0. The number of amides is 2. The van der Waals surface area contributed by atoms with Crippen molar-refractivity contribution in [3.8, 4) is 12.3 Å². The fraction of sp³-hybridized carbons (Fsp3) is 0.345. The maximum absolute atomic E-state index is 12.7. The summed E-state index contributed by atoms with van der Waals surface area (Å²) in [7, 11) is 0. The van der Waals surface area contributed by atoms with Gasteiger partial charge in [-0.3, -0.25) is 14.4 Å². The number of hydrogen-bond acceptors (Lipinski definition) is 6. The van der Waals surface area contributed by atoms with Crippen LogP contribution in [-0.2, 0) is 16.1 Å². The molecule has 10 heteroatoms. The first-order valence-electron chi connectivity index (χ1n) is 12.8. The minimum atomic E-state index is -1.21. The van der Waals surface area contributed by atoms with Gasteiger partial charge >= 0.3 is 5.97 Å². The molecule has 0 aliphatic carbocycles. The van der Waals surface area contributed by atoms with E-state index in [4.69, 9.17) is 6.42 Å². The molecule has 0 fully saturated rings. The number of unbranched alkanes of at least 4 members (excludes halogenated alkanes) is 1. The summed E-state index contributed by atoms with van der Waals surface area (Å²) in [6.07, 6.45) is 7.36. The number of carbonyl (C=O) groups is 3. The molecule has 0 aliphatic rings. The smallest absolute Gasteiger partial charge is 0.326 e. The Balaban J connectivity index is 1.67. The van der Waals surface area contributed by atoms with Crippen molar-refractivity contribution in [2.45, 2.75) is 52.1 Å². The van der Waals surface area contributed by atoms with Crippen molar-refractivity contribution >= 4 is 34.4 Å². The molecule has 204 valence electrons. The molecule has 39 heavy (non-hydrogen) atoms. The highest BCUT2D eigenvalue weighted by atomic mass is 16.4. The third kappa shape index (κ3) is 8.17. The lowest BCUT2D eigenvalue weighted by atomic mass is 10.1. The highest BCUT2D eigenvalue weighted by Crippen LogP contribution is 2.20. The van der Waals surface area contributed by atoms with Gasteiger partial charge < -0.3 is 25.6 Å². The number of carboxylic acid groups (broad SMARTS) is 1. The topological polar surface area (TPSA) is 144 Å². The zero-order valence-corrected chi connectivity index (χ0v) is 22.1. The molecule has 2 amide bonds. The van der Waals surface area contributed by atoms with Crippen LogP contribution in [0.2, 0.25) is 0 Å². The Labute approximate surface area is 226 Å². The van der Waals surface area contributed by atoms with Crippen molar-refractivity contribution in [3.05, 3.63) is 69.8 Å². The number of terminal acetylenes is 1. The highest BCUT2D eigenvalue weighted by Gasteiger charge is 2.22. The number of hydrogen-bond donors (Lipinski definition) is 4. The van der Waals surface area contributed by atoms with Crippen LogP contribution < -0.4 is 21.1 Å². The number of aliphatic carboxylic acids is 1. The number of anilines is 1. The van der Waals surface area contributed by atoms with Crippen LogP contribution in [0, 0.1) is 19.3 Å². The van der Waals surface area contributed by atoms with E-state index in [0.29, 0.717) is 29.8 Å². The molecule has 0 aliphatic heterocycles. The number of carboxylic acids is 1. The fourth-order valence-electron chi connectivity index (χ4n) is 4.06. The van der Waals surface area contributed by atoms with Gasteiger partial charge in [0, 0.05) is 30.8 Å². The van der Waals surface area contributed by atoms with Crippen molar-refractivity contribution in [3.63, 3.8) is 0 Å². The van der Waals surface area contributed by atoms with Gasteiger partial charge in [-0.25, -0.2) is 9.78 Å². The number of aromatic nitrogens is 2. The van der Waals surface area contributed by atoms with Crippen LogP contribution in [0.5, 0.6) is 0 Å². The van der Waals surface area contributed by atoms with Gasteiger partial charge in [0.25, 0.3) is 11.5 Å². The zero-order chi connectivity index (χ0) is 28.4. The molecule has 0 radical (unpaired) electrons. The van der Waals surface area contributed by atoms with Crippen LogP contribution in [0.15, 0.2) is 47.3 Å². The number of aromatic amines is 1. The molecule has 0 unspecified atom stereocenters. The number of rotatable bonds is 13. The van der Waals surface area contributed by atoms with Crippen LogP contribution in [-0.4, -0.2) is 52.0 Å². The molecule has 3 aromatic rings. The molecule has 4 N–H and O–H groups in total. The summed E-state index contributed by atoms with van der Waals surface area (Å²) in [4.78, 5) is 57.6. The Morgan fingerprint density at radius 3 is 2.59 bits per heavy atom. The lowest BCUT2D eigenvalue weighted by molar-refractivity contribution is -0.139. The predicted molar refractivity (Wildman–Crippen MR) is 149 cm³/mol. The minimum absolute atomic E-state index is 0.00272. The summed E-state index contributed by atoms with van der Waals surface area (Å²) in [6, 6.07) is 10.9. The Kier molecular flexibility index (Phi) is 10.2. The summed E-state index contributed by atoms with van der Waals surface area (Å²) >= 11 is 0. The predicted octanol–water partition coefficient (Wildman–Crippen LogP) is 2.75. The van der Waals surface area contributed by atoms with Crippen molar-refractivity contribution in [2.24, 2.45) is 0 Å². The quantitative estimate of drug-likeness (QED) is 0.196. The average molecular weight is 532 g/mol. The number of benzene rings is 2. The first kappa shape index (κ1) is 28.9. The molecule has 0 saturated carbocycles. The Hall–Kier alpha value is -4.65. The minimum Gasteiger partial charge on any atom is -0.480 e. The molecule has 1 aromatic heterocycles. The monoisotopic (exact) mass is 531 g/mol. The molecule has 10 nitrogen and oxygen atoms in total. The van der Waals surface area contributed by atoms with Crippen molar-refractivity contribution in [1.82, 2.24) is 20.6 Å². The van der Waals surface area contributed by atoms with Crippen LogP contribution in [0.4, 0.5) is 5.69 Å². The van der Waals surface area contributed by atoms with Crippen molar-refractivity contribution < 1.29 is 19.5 Å². The van der Waals surface area contributed by atoms with Crippen molar-refractivity contribution in [1.29, 1.82) is 0 Å². The van der Waals surface area contributed by atoms with E-state index in [2.05, 4.69) is 26.5 Å². The number of carbonyl (C=O) groups excluding carboxylic acids is 2. The molecule has 1 heterocycles. The van der Waals surface area contributed by atoms with Crippen molar-refractivity contribution in [2.75, 3.05) is 18.0 Å². The lowest BCUT2D eigenvalue weighted by Crippen LogP contribution is -2.41. The maximum Gasteiger partial charge on any atom is 0.326 e. The lowest BCUT2D eigenvalue weighted by Gasteiger charge is -2.23. The van der Waals surface area contributed by atoms with Gasteiger partial charge in [-0.15, -0.1) is 6.42 Å². The van der Waals surface area contributed by atoms with Gasteiger partial charge in [-0.2, -0.15) is 0 Å². The van der Waals surface area contributed by atoms with Crippen LogP contribution in [0.3, 0.4) is 0 Å². The number of fused-ring (bicyclic) bond motifs is 1. The summed E-state index contributed by atoms with van der Waals surface area (Å²) in [6.45, 7) is 4.98. The first-order chi connectivity index (χ1) is 18.7. The Bertz CT molecular complexity index is 1420. The van der Waals surface area contributed by atoms with E-state index in [9.17, 15) is 24.3 Å². The Morgan fingerprint density at radius 1 is 1.18 bits per heavy atom. The van der Waals surface area contributed by atoms with E-state index in [1.807, 2.05) is 17.9 Å². The maximum atomic E-state index is 12.7. The summed E-state index contributed by atoms with van der Waals surface area (Å²) in [5, 5.41) is 15.2. The second-order valence-electron chi connectivity index (χ2n) is 9.22. The van der Waals surface area contributed by atoms with Gasteiger partial charge in [0.2, 0.25) is 5.91 Å². The summed E-state index contributed by atoms with van der Waals surface area (Å²) in [5.41, 5.74) is 2.28. The van der Waals surface area contributed by atoms with Gasteiger partial charge in [0.05, 0.1) is 17.4 Å². The highest BCUT2D eigenvalue weighted by molar-refractivity contribution is 5.97. The van der Waals surface area contributed by atoms with Crippen LogP contribution in [0.25, 0.3) is 10.9 Å². The average Bonchev–Trinajstić information content (AvgIpc) is 2.91. The molecule has 1 atom stereocenters. The molecule has 3 rings (SSSR count). The van der Waals surface area contributed by atoms with E-state index < -0.39 is 17.9 Å². The zero-order valence-electron chi connectivity index (χ0n) is 22.1. The molecular weight excluding hydrogens is 498 g/mol. The third-order valence-electron chi connectivity index (χ3n) is 6.15. The van der Waals surface area contributed by atoms with E-state index in [1.165, 1.54) is 0 Å². The normalized spacial score (nSPS) is 11.4. The second kappa shape index (κ2) is 13.8. The Morgan fingerprint density at radius 2 is 1.92 bits per heavy atom. The van der Waals surface area contributed by atoms with Gasteiger partial charge in [-0.05, 0) is 61.7 Å². The second-order valence-corrected chi connectivity index (χ2v) is 9.22. The molecular formula is C29H33N5O5. The number of nitrogens with zero attached hydrogens (tertiary/aromatic N) is 2. The number of H-pyrrole nitrogens is 1. The fourth-order valence-corrected chi connectivity index (χ4v) is 4.06. The van der Waals surface area contributed by atoms with E-state index >= 15 is 0 Å². The van der Waals surface area contributed by atoms with E-state index in [1.54, 1.807) is 43.3 Å². The molecule has 0 saturated heterocycles. The third-order valence-corrected chi connectivity index (χ3v) is 6.15. The molecule has 0 spiro atoms. The largest absolute Gasteiger partial charge is 0.480 e. The van der Waals surface area contributed by atoms with Gasteiger partial charge in [0.1, 0.15) is 11.9 Å². The summed E-state index contributed by atoms with van der Waals surface area (Å²) in [5.74, 6) is 1.16. The van der Waals surface area contributed by atoms with Crippen LogP contribution in [0.1, 0.15) is 54.4 Å². The van der Waals surface area contributed by atoms with Gasteiger partial charge in [0.15, 0.2) is 0 Å². The van der Waals surface area contributed by atoms with E-state index in [-0.39, 0.29) is 36.4 Å². The number of aryl methyl sites for hydroxylation is 1. The van der Waals surface area contributed by atoms with Gasteiger partial charge in [-0.1, -0.05) is 25.3 Å².